The molecule has 92 valence electrons. The van der Waals surface area contributed by atoms with Crippen molar-refractivity contribution in [2.75, 3.05) is 0 Å². The summed E-state index contributed by atoms with van der Waals surface area (Å²) in [4.78, 5) is 15.7. The fraction of sp³-hybridized carbons (Fsp3) is 0.0833. The molecule has 2 rings (SSSR count). The average Bonchev–Trinajstić information content (AvgIpc) is 2.34. The van der Waals surface area contributed by atoms with E-state index in [4.69, 9.17) is 18.0 Å². The van der Waals surface area contributed by atoms with Gasteiger partial charge in [-0.1, -0.05) is 53.9 Å². The summed E-state index contributed by atoms with van der Waals surface area (Å²) in [5, 5.41) is 9.95. The largest absolute Gasteiger partial charge is 0.493 e. The molecular formula is C12H10N2O2S2. The van der Waals surface area contributed by atoms with Crippen molar-refractivity contribution in [2.24, 2.45) is 5.73 Å². The summed E-state index contributed by atoms with van der Waals surface area (Å²) in [6.45, 7) is 0. The number of nitrogens with zero attached hydrogens (tertiary/aromatic N) is 1. The van der Waals surface area contributed by atoms with Crippen LogP contribution in [0.25, 0.3) is 0 Å². The Morgan fingerprint density at radius 3 is 2.61 bits per heavy atom. The van der Waals surface area contributed by atoms with E-state index < -0.39 is 0 Å². The maximum Gasteiger partial charge on any atom is 0.243 e. The monoisotopic (exact) mass is 278 g/mol. The van der Waals surface area contributed by atoms with Crippen molar-refractivity contribution < 1.29 is 5.11 Å². The summed E-state index contributed by atoms with van der Waals surface area (Å²) >= 11 is 5.58. The molecule has 0 saturated heterocycles. The summed E-state index contributed by atoms with van der Waals surface area (Å²) in [7, 11) is 0. The first-order valence-corrected chi connectivity index (χ1v) is 6.37. The van der Waals surface area contributed by atoms with E-state index in [1.165, 1.54) is 0 Å². The van der Waals surface area contributed by atoms with Gasteiger partial charge in [-0.05, 0) is 5.56 Å². The van der Waals surface area contributed by atoms with Crippen LogP contribution in [-0.4, -0.2) is 15.1 Å². The molecule has 1 aromatic heterocycles. The van der Waals surface area contributed by atoms with E-state index in [0.717, 1.165) is 16.9 Å². The van der Waals surface area contributed by atoms with Gasteiger partial charge in [0, 0.05) is 6.42 Å². The van der Waals surface area contributed by atoms with Crippen molar-refractivity contribution in [3.63, 3.8) is 0 Å². The second-order valence-electron chi connectivity index (χ2n) is 3.64. The van der Waals surface area contributed by atoms with E-state index in [9.17, 15) is 9.90 Å². The van der Waals surface area contributed by atoms with Crippen LogP contribution in [0.15, 0.2) is 35.1 Å². The van der Waals surface area contributed by atoms with E-state index in [-0.39, 0.29) is 26.2 Å². The van der Waals surface area contributed by atoms with Crippen molar-refractivity contribution in [3.8, 4) is 5.88 Å². The van der Waals surface area contributed by atoms with Crippen molar-refractivity contribution in [2.45, 2.75) is 6.42 Å². The molecular weight excluding hydrogens is 268 g/mol. The molecule has 0 bridgehead atoms. The van der Waals surface area contributed by atoms with Crippen molar-refractivity contribution in [1.82, 2.24) is 4.98 Å². The van der Waals surface area contributed by atoms with Crippen LogP contribution in [-0.2, 0) is 6.42 Å². The molecule has 3 N–H and O–H groups in total. The third-order valence-electron chi connectivity index (χ3n) is 2.35. The first kappa shape index (κ1) is 12.7. The summed E-state index contributed by atoms with van der Waals surface area (Å²) in [5.41, 5.74) is 6.59. The van der Waals surface area contributed by atoms with Crippen LogP contribution < -0.4 is 10.5 Å². The lowest BCUT2D eigenvalue weighted by Gasteiger charge is -2.04. The Morgan fingerprint density at radius 2 is 2.06 bits per heavy atom. The molecule has 0 aliphatic rings. The minimum Gasteiger partial charge on any atom is -0.493 e. The number of rotatable bonds is 3. The maximum atomic E-state index is 11.9. The van der Waals surface area contributed by atoms with Gasteiger partial charge >= 0.3 is 0 Å². The Bertz CT molecular complexity index is 638. The van der Waals surface area contributed by atoms with Crippen LogP contribution in [0.3, 0.4) is 0 Å². The Balaban J connectivity index is 2.41. The molecule has 0 amide bonds. The molecule has 4 nitrogen and oxygen atoms in total. The van der Waals surface area contributed by atoms with Gasteiger partial charge in [0.2, 0.25) is 10.6 Å². The maximum absolute atomic E-state index is 11.9. The SMILES string of the molecule is NC(=S)c1nc(O)c(Cc2ccccc2)c(=O)s1. The van der Waals surface area contributed by atoms with Gasteiger partial charge in [-0.15, -0.1) is 0 Å². The van der Waals surface area contributed by atoms with Gasteiger partial charge in [-0.2, -0.15) is 4.98 Å². The highest BCUT2D eigenvalue weighted by Crippen LogP contribution is 2.17. The number of aromatic hydroxyl groups is 1. The molecule has 0 aliphatic heterocycles. The van der Waals surface area contributed by atoms with E-state index in [1.54, 1.807) is 0 Å². The molecule has 0 radical (unpaired) electrons. The van der Waals surface area contributed by atoms with E-state index in [0.29, 0.717) is 6.42 Å². The molecule has 0 spiro atoms. The minimum absolute atomic E-state index is 0.0126. The molecule has 0 saturated carbocycles. The van der Waals surface area contributed by atoms with Gasteiger partial charge in [0.1, 0.15) is 4.99 Å². The Morgan fingerprint density at radius 1 is 1.39 bits per heavy atom. The fourth-order valence-electron chi connectivity index (χ4n) is 1.48. The van der Waals surface area contributed by atoms with E-state index >= 15 is 0 Å². The molecule has 0 aliphatic carbocycles. The Hall–Kier alpha value is -1.79. The van der Waals surface area contributed by atoms with Crippen LogP contribution in [0, 0.1) is 0 Å². The van der Waals surface area contributed by atoms with Gasteiger partial charge in [0.25, 0.3) is 0 Å². The van der Waals surface area contributed by atoms with Crippen LogP contribution >= 0.6 is 23.6 Å². The molecule has 1 aromatic carbocycles. The second kappa shape index (κ2) is 5.24. The molecule has 1 heterocycles. The zero-order valence-electron chi connectivity index (χ0n) is 9.29. The van der Waals surface area contributed by atoms with Crippen LogP contribution in [0.1, 0.15) is 16.1 Å². The van der Waals surface area contributed by atoms with Gasteiger partial charge in [-0.3, -0.25) is 4.79 Å². The summed E-state index contributed by atoms with van der Waals surface area (Å²) in [5.74, 6) is -0.301. The zero-order valence-corrected chi connectivity index (χ0v) is 10.9. The predicted octanol–water partition coefficient (Wildman–Crippen LogP) is 1.43. The number of benzene rings is 1. The van der Waals surface area contributed by atoms with Gasteiger partial charge in [0.05, 0.1) is 5.56 Å². The smallest absolute Gasteiger partial charge is 0.243 e. The highest BCUT2D eigenvalue weighted by molar-refractivity contribution is 7.81. The molecule has 0 atom stereocenters. The zero-order chi connectivity index (χ0) is 13.1. The third kappa shape index (κ3) is 2.72. The molecule has 6 heteroatoms. The standard InChI is InChI=1S/C12H10N2O2S2/c13-9(17)11-14-10(15)8(12(16)18-11)6-7-4-2-1-3-5-7/h1-5,15H,6H2,(H2,13,17). The molecule has 0 fully saturated rings. The number of hydrogen-bond donors (Lipinski definition) is 2. The molecule has 0 unspecified atom stereocenters. The van der Waals surface area contributed by atoms with Crippen LogP contribution in [0.4, 0.5) is 0 Å². The molecule has 2 aromatic rings. The first-order valence-electron chi connectivity index (χ1n) is 5.14. The van der Waals surface area contributed by atoms with Crippen LogP contribution in [0.2, 0.25) is 0 Å². The van der Waals surface area contributed by atoms with E-state index in [2.05, 4.69) is 4.98 Å². The van der Waals surface area contributed by atoms with Crippen molar-refractivity contribution in [1.29, 1.82) is 0 Å². The van der Waals surface area contributed by atoms with Gasteiger partial charge in [0.15, 0.2) is 5.01 Å². The summed E-state index contributed by atoms with van der Waals surface area (Å²) in [6, 6.07) is 9.39. The summed E-state index contributed by atoms with van der Waals surface area (Å²) < 4.78 is -0.269. The van der Waals surface area contributed by atoms with E-state index in [1.807, 2.05) is 30.3 Å². The quantitative estimate of drug-likeness (QED) is 0.831. The molecule has 18 heavy (non-hydrogen) atoms. The van der Waals surface area contributed by atoms with Crippen molar-refractivity contribution >= 4 is 28.5 Å². The van der Waals surface area contributed by atoms with Gasteiger partial charge in [-0.25, -0.2) is 0 Å². The van der Waals surface area contributed by atoms with Crippen LogP contribution in [0.5, 0.6) is 5.88 Å². The fourth-order valence-corrected chi connectivity index (χ4v) is 2.35. The van der Waals surface area contributed by atoms with Gasteiger partial charge < -0.3 is 10.8 Å². The number of hydrogen-bond acceptors (Lipinski definition) is 5. The number of nitrogens with two attached hydrogens (primary N) is 1. The highest BCUT2D eigenvalue weighted by Gasteiger charge is 2.13. The lowest BCUT2D eigenvalue weighted by Crippen LogP contribution is -2.15. The summed E-state index contributed by atoms with van der Waals surface area (Å²) in [6.07, 6.45) is 0.340. The average molecular weight is 278 g/mol. The first-order chi connectivity index (χ1) is 8.58. The predicted molar refractivity (Wildman–Crippen MR) is 75.2 cm³/mol. The lowest BCUT2D eigenvalue weighted by molar-refractivity contribution is 0.447. The number of thiocarbonyl (C=S) groups is 1. The second-order valence-corrected chi connectivity index (χ2v) is 5.04. The minimum atomic E-state index is -0.301. The Labute approximate surface area is 113 Å². The number of aromatic nitrogens is 1. The Kier molecular flexibility index (Phi) is 3.69. The topological polar surface area (TPSA) is 76.2 Å². The van der Waals surface area contributed by atoms with Crippen molar-refractivity contribution in [3.05, 3.63) is 56.0 Å². The highest BCUT2D eigenvalue weighted by atomic mass is 32.1. The lowest BCUT2D eigenvalue weighted by atomic mass is 10.1. The normalized spacial score (nSPS) is 10.2. The third-order valence-corrected chi connectivity index (χ3v) is 3.61.